The summed E-state index contributed by atoms with van der Waals surface area (Å²) in [5.41, 5.74) is 6.33. The van der Waals surface area contributed by atoms with Crippen LogP contribution < -0.4 is 11.1 Å². The van der Waals surface area contributed by atoms with Crippen LogP contribution in [0.3, 0.4) is 0 Å². The van der Waals surface area contributed by atoms with Crippen molar-refractivity contribution in [3.63, 3.8) is 0 Å². The van der Waals surface area contributed by atoms with Crippen LogP contribution in [0.15, 0.2) is 4.99 Å². The Labute approximate surface area is 106 Å². The highest BCUT2D eigenvalue weighted by Crippen LogP contribution is 2.46. The molecule has 1 aliphatic carbocycles. The summed E-state index contributed by atoms with van der Waals surface area (Å²) in [4.78, 5) is 4.53. The van der Waals surface area contributed by atoms with Crippen LogP contribution in [0, 0.1) is 11.3 Å². The van der Waals surface area contributed by atoms with Crippen LogP contribution in [-0.2, 0) is 0 Å². The second-order valence-corrected chi connectivity index (χ2v) is 5.93. The number of hydrogen-bond donors (Lipinski definition) is 2. The van der Waals surface area contributed by atoms with Gasteiger partial charge in [0.25, 0.3) is 0 Å². The van der Waals surface area contributed by atoms with E-state index in [-0.39, 0.29) is 0 Å². The Morgan fingerprint density at radius 3 is 2.59 bits per heavy atom. The molecule has 3 N–H and O–H groups in total. The SMILES string of the molecule is CCCCNC(N)=NCC1(CC(C)C)CCC1. The number of aliphatic imine (C=N–C) groups is 1. The van der Waals surface area contributed by atoms with Gasteiger partial charge in [0.15, 0.2) is 5.96 Å². The van der Waals surface area contributed by atoms with E-state index in [0.29, 0.717) is 11.4 Å². The van der Waals surface area contributed by atoms with Gasteiger partial charge in [-0.1, -0.05) is 33.6 Å². The fourth-order valence-corrected chi connectivity index (χ4v) is 2.67. The molecule has 0 atom stereocenters. The normalized spacial score (nSPS) is 19.2. The first-order valence-corrected chi connectivity index (χ1v) is 7.12. The molecule has 1 rings (SSSR count). The number of nitrogens with one attached hydrogen (secondary N) is 1. The second-order valence-electron chi connectivity index (χ2n) is 5.93. The molecule has 17 heavy (non-hydrogen) atoms. The summed E-state index contributed by atoms with van der Waals surface area (Å²) in [5, 5.41) is 3.19. The zero-order valence-electron chi connectivity index (χ0n) is 11.8. The van der Waals surface area contributed by atoms with Crippen LogP contribution in [0.5, 0.6) is 0 Å². The molecule has 1 fully saturated rings. The Morgan fingerprint density at radius 1 is 1.41 bits per heavy atom. The molecule has 0 bridgehead atoms. The molecule has 0 aromatic carbocycles. The van der Waals surface area contributed by atoms with Gasteiger partial charge in [0.05, 0.1) is 0 Å². The lowest BCUT2D eigenvalue weighted by molar-refractivity contribution is 0.111. The third kappa shape index (κ3) is 4.97. The van der Waals surface area contributed by atoms with E-state index in [1.165, 1.54) is 32.1 Å². The summed E-state index contributed by atoms with van der Waals surface area (Å²) in [6, 6.07) is 0. The number of nitrogens with zero attached hydrogens (tertiary/aromatic N) is 1. The van der Waals surface area contributed by atoms with Crippen LogP contribution in [0.1, 0.15) is 59.3 Å². The Kier molecular flexibility index (Phi) is 5.79. The van der Waals surface area contributed by atoms with Crippen molar-refractivity contribution < 1.29 is 0 Å². The minimum atomic E-state index is 0.464. The van der Waals surface area contributed by atoms with Crippen molar-refractivity contribution in [1.82, 2.24) is 5.32 Å². The maximum Gasteiger partial charge on any atom is 0.188 e. The van der Waals surface area contributed by atoms with Gasteiger partial charge in [0, 0.05) is 13.1 Å². The molecule has 0 aromatic heterocycles. The van der Waals surface area contributed by atoms with E-state index in [4.69, 9.17) is 5.73 Å². The molecule has 1 saturated carbocycles. The minimum absolute atomic E-state index is 0.464. The van der Waals surface area contributed by atoms with Gasteiger partial charge in [-0.25, -0.2) is 0 Å². The van der Waals surface area contributed by atoms with E-state index in [0.717, 1.165) is 25.4 Å². The average Bonchev–Trinajstić information content (AvgIpc) is 2.22. The predicted octanol–water partition coefficient (Wildman–Crippen LogP) is 2.91. The summed E-state index contributed by atoms with van der Waals surface area (Å²) < 4.78 is 0. The number of rotatable bonds is 7. The summed E-state index contributed by atoms with van der Waals surface area (Å²) >= 11 is 0. The van der Waals surface area contributed by atoms with Crippen LogP contribution >= 0.6 is 0 Å². The summed E-state index contributed by atoms with van der Waals surface area (Å²) in [7, 11) is 0. The highest BCUT2D eigenvalue weighted by Gasteiger charge is 2.37. The molecular weight excluding hydrogens is 210 g/mol. The lowest BCUT2D eigenvalue weighted by atomic mass is 9.64. The van der Waals surface area contributed by atoms with Crippen LogP contribution in [-0.4, -0.2) is 19.0 Å². The van der Waals surface area contributed by atoms with E-state index in [2.05, 4.69) is 31.1 Å². The first-order chi connectivity index (χ1) is 8.08. The minimum Gasteiger partial charge on any atom is -0.370 e. The van der Waals surface area contributed by atoms with E-state index >= 15 is 0 Å². The number of unbranched alkanes of at least 4 members (excludes halogenated alkanes) is 1. The van der Waals surface area contributed by atoms with Gasteiger partial charge in [0.2, 0.25) is 0 Å². The molecule has 0 radical (unpaired) electrons. The van der Waals surface area contributed by atoms with Gasteiger partial charge < -0.3 is 11.1 Å². The van der Waals surface area contributed by atoms with Crippen molar-refractivity contribution in [2.45, 2.75) is 59.3 Å². The first kappa shape index (κ1) is 14.3. The van der Waals surface area contributed by atoms with Gasteiger partial charge in [-0.05, 0) is 37.0 Å². The Hall–Kier alpha value is -0.730. The number of nitrogens with two attached hydrogens (primary N) is 1. The molecule has 0 saturated heterocycles. The maximum absolute atomic E-state index is 5.87. The highest BCUT2D eigenvalue weighted by atomic mass is 15.1. The standard InChI is InChI=1S/C14H29N3/c1-4-5-9-16-13(15)17-11-14(7-6-8-14)10-12(2)3/h12H,4-11H2,1-3H3,(H3,15,16,17). The van der Waals surface area contributed by atoms with E-state index in [1.54, 1.807) is 0 Å². The zero-order valence-corrected chi connectivity index (χ0v) is 11.8. The lowest BCUT2D eigenvalue weighted by Crippen LogP contribution is -2.37. The maximum atomic E-state index is 5.87. The Bertz CT molecular complexity index is 242. The molecule has 3 nitrogen and oxygen atoms in total. The van der Waals surface area contributed by atoms with Crippen molar-refractivity contribution in [2.24, 2.45) is 22.1 Å². The molecule has 0 spiro atoms. The van der Waals surface area contributed by atoms with E-state index in [1.807, 2.05) is 0 Å². The van der Waals surface area contributed by atoms with Gasteiger partial charge in [-0.15, -0.1) is 0 Å². The fourth-order valence-electron chi connectivity index (χ4n) is 2.67. The molecule has 0 unspecified atom stereocenters. The number of hydrogen-bond acceptors (Lipinski definition) is 1. The van der Waals surface area contributed by atoms with Crippen molar-refractivity contribution in [3.8, 4) is 0 Å². The lowest BCUT2D eigenvalue weighted by Gasteiger charge is -2.42. The quantitative estimate of drug-likeness (QED) is 0.408. The molecule has 1 aliphatic rings. The van der Waals surface area contributed by atoms with Crippen LogP contribution in [0.4, 0.5) is 0 Å². The Morgan fingerprint density at radius 2 is 2.12 bits per heavy atom. The molecule has 0 amide bonds. The largest absolute Gasteiger partial charge is 0.370 e. The average molecular weight is 239 g/mol. The predicted molar refractivity (Wildman–Crippen MR) is 75.1 cm³/mol. The van der Waals surface area contributed by atoms with E-state index < -0.39 is 0 Å². The zero-order chi connectivity index (χ0) is 12.7. The molecule has 0 aromatic rings. The van der Waals surface area contributed by atoms with Gasteiger partial charge in [-0.2, -0.15) is 0 Å². The van der Waals surface area contributed by atoms with Crippen LogP contribution in [0.25, 0.3) is 0 Å². The first-order valence-electron chi connectivity index (χ1n) is 7.12. The molecular formula is C14H29N3. The van der Waals surface area contributed by atoms with E-state index in [9.17, 15) is 0 Å². The second kappa shape index (κ2) is 6.87. The van der Waals surface area contributed by atoms with Gasteiger partial charge in [-0.3, -0.25) is 4.99 Å². The highest BCUT2D eigenvalue weighted by molar-refractivity contribution is 5.77. The Balaban J connectivity index is 2.33. The third-order valence-electron chi connectivity index (χ3n) is 3.68. The summed E-state index contributed by atoms with van der Waals surface area (Å²) in [6.45, 7) is 8.64. The van der Waals surface area contributed by atoms with Crippen molar-refractivity contribution >= 4 is 5.96 Å². The van der Waals surface area contributed by atoms with Crippen LogP contribution in [0.2, 0.25) is 0 Å². The van der Waals surface area contributed by atoms with Crippen molar-refractivity contribution in [1.29, 1.82) is 0 Å². The van der Waals surface area contributed by atoms with Gasteiger partial charge >= 0.3 is 0 Å². The third-order valence-corrected chi connectivity index (χ3v) is 3.68. The summed E-state index contributed by atoms with van der Waals surface area (Å²) in [5.74, 6) is 1.40. The van der Waals surface area contributed by atoms with Gasteiger partial charge in [0.1, 0.15) is 0 Å². The monoisotopic (exact) mass is 239 g/mol. The smallest absolute Gasteiger partial charge is 0.188 e. The summed E-state index contributed by atoms with van der Waals surface area (Å²) in [6.07, 6.45) is 7.67. The number of guanidine groups is 1. The molecule has 0 aliphatic heterocycles. The molecule has 100 valence electrons. The fraction of sp³-hybridized carbons (Fsp3) is 0.929. The van der Waals surface area contributed by atoms with Crippen molar-refractivity contribution in [3.05, 3.63) is 0 Å². The molecule has 0 heterocycles. The molecule has 3 heteroatoms. The topological polar surface area (TPSA) is 50.4 Å². The van der Waals surface area contributed by atoms with Crippen molar-refractivity contribution in [2.75, 3.05) is 13.1 Å².